The highest BCUT2D eigenvalue weighted by atomic mass is 32.1. The molecule has 0 fully saturated rings. The van der Waals surface area contributed by atoms with Gasteiger partial charge in [-0.05, 0) is 38.5 Å². The molecule has 0 spiro atoms. The summed E-state index contributed by atoms with van der Waals surface area (Å²) in [6, 6.07) is 4.81. The second-order valence-electron chi connectivity index (χ2n) is 4.44. The molecule has 1 amide bonds. The molecule has 0 aliphatic heterocycles. The quantitative estimate of drug-likeness (QED) is 0.910. The molecule has 0 saturated carbocycles. The number of aryl methyl sites for hydroxylation is 3. The van der Waals surface area contributed by atoms with E-state index < -0.39 is 5.97 Å². The summed E-state index contributed by atoms with van der Waals surface area (Å²) in [6.45, 7) is 5.32. The number of anilines is 1. The molecule has 20 heavy (non-hydrogen) atoms. The maximum absolute atomic E-state index is 12.1. The number of carboxylic acids is 1. The van der Waals surface area contributed by atoms with Gasteiger partial charge in [-0.1, -0.05) is 6.07 Å². The summed E-state index contributed by atoms with van der Waals surface area (Å²) in [5.41, 5.74) is 1.97. The minimum Gasteiger partial charge on any atom is -0.478 e. The van der Waals surface area contributed by atoms with E-state index >= 15 is 0 Å². The molecule has 2 N–H and O–H groups in total. The highest BCUT2D eigenvalue weighted by Gasteiger charge is 2.15. The highest BCUT2D eigenvalue weighted by Crippen LogP contribution is 2.20. The topological polar surface area (TPSA) is 79.3 Å². The lowest BCUT2D eigenvalue weighted by Gasteiger charge is -2.07. The summed E-state index contributed by atoms with van der Waals surface area (Å²) >= 11 is 1.32. The number of amides is 1. The summed E-state index contributed by atoms with van der Waals surface area (Å²) in [7, 11) is 0. The second kappa shape index (κ2) is 5.42. The molecule has 6 heteroatoms. The van der Waals surface area contributed by atoms with Crippen molar-refractivity contribution in [3.05, 3.63) is 44.9 Å². The summed E-state index contributed by atoms with van der Waals surface area (Å²) in [6.07, 6.45) is 0. The molecule has 0 atom stereocenters. The Kier molecular flexibility index (Phi) is 3.85. The number of rotatable bonds is 3. The van der Waals surface area contributed by atoms with Crippen molar-refractivity contribution in [2.75, 3.05) is 5.32 Å². The van der Waals surface area contributed by atoms with E-state index in [-0.39, 0.29) is 11.5 Å². The summed E-state index contributed by atoms with van der Waals surface area (Å²) in [4.78, 5) is 27.9. The third-order valence-electron chi connectivity index (χ3n) is 2.84. The van der Waals surface area contributed by atoms with Gasteiger partial charge in [0, 0.05) is 5.69 Å². The van der Waals surface area contributed by atoms with E-state index in [0.717, 1.165) is 5.01 Å². The van der Waals surface area contributed by atoms with Gasteiger partial charge in [-0.2, -0.15) is 0 Å². The van der Waals surface area contributed by atoms with Crippen molar-refractivity contribution in [1.29, 1.82) is 0 Å². The molecule has 0 radical (unpaired) electrons. The summed E-state index contributed by atoms with van der Waals surface area (Å²) in [5, 5.41) is 12.6. The Bertz CT molecular complexity index is 692. The maximum atomic E-state index is 12.1. The lowest BCUT2D eigenvalue weighted by molar-refractivity contribution is 0.0695. The van der Waals surface area contributed by atoms with Crippen LogP contribution in [0.3, 0.4) is 0 Å². The van der Waals surface area contributed by atoms with Crippen LogP contribution in [0.25, 0.3) is 0 Å². The molecule has 104 valence electrons. The van der Waals surface area contributed by atoms with E-state index in [2.05, 4.69) is 10.3 Å². The van der Waals surface area contributed by atoms with Gasteiger partial charge in [0.2, 0.25) is 0 Å². The Hall–Kier alpha value is -2.21. The first-order valence-electron chi connectivity index (χ1n) is 5.98. The predicted molar refractivity (Wildman–Crippen MR) is 77.7 cm³/mol. The standard InChI is InChI=1S/C14H14N2O3S/c1-7-4-5-10(6-11(7)14(18)19)16-13(17)12-8(2)15-9(3)20-12/h4-6H,1-3H3,(H,16,17)(H,18,19). The number of carbonyl (C=O) groups excluding carboxylic acids is 1. The van der Waals surface area contributed by atoms with Crippen LogP contribution >= 0.6 is 11.3 Å². The van der Waals surface area contributed by atoms with E-state index in [4.69, 9.17) is 5.11 Å². The zero-order valence-electron chi connectivity index (χ0n) is 11.4. The average Bonchev–Trinajstić information content (AvgIpc) is 2.70. The largest absolute Gasteiger partial charge is 0.478 e. The number of nitrogens with one attached hydrogen (secondary N) is 1. The Morgan fingerprint density at radius 1 is 1.25 bits per heavy atom. The zero-order chi connectivity index (χ0) is 14.9. The maximum Gasteiger partial charge on any atom is 0.336 e. The van der Waals surface area contributed by atoms with Gasteiger partial charge < -0.3 is 10.4 Å². The van der Waals surface area contributed by atoms with Crippen LogP contribution in [0.15, 0.2) is 18.2 Å². The van der Waals surface area contributed by atoms with Gasteiger partial charge >= 0.3 is 5.97 Å². The Labute approximate surface area is 120 Å². The second-order valence-corrected chi connectivity index (χ2v) is 5.64. The van der Waals surface area contributed by atoms with Gasteiger partial charge in [0.25, 0.3) is 5.91 Å². The molecular weight excluding hydrogens is 276 g/mol. The highest BCUT2D eigenvalue weighted by molar-refractivity contribution is 7.13. The van der Waals surface area contributed by atoms with Crippen molar-refractivity contribution >= 4 is 28.9 Å². The van der Waals surface area contributed by atoms with Gasteiger partial charge in [-0.25, -0.2) is 9.78 Å². The zero-order valence-corrected chi connectivity index (χ0v) is 12.2. The van der Waals surface area contributed by atoms with Crippen LogP contribution in [-0.2, 0) is 0 Å². The molecule has 0 bridgehead atoms. The fourth-order valence-electron chi connectivity index (χ4n) is 1.86. The van der Waals surface area contributed by atoms with E-state index in [0.29, 0.717) is 21.8 Å². The minimum absolute atomic E-state index is 0.181. The Morgan fingerprint density at radius 2 is 1.95 bits per heavy atom. The van der Waals surface area contributed by atoms with Crippen molar-refractivity contribution in [1.82, 2.24) is 4.98 Å². The monoisotopic (exact) mass is 290 g/mol. The number of carbonyl (C=O) groups is 2. The number of carboxylic acid groups (broad SMARTS) is 1. The van der Waals surface area contributed by atoms with Crippen molar-refractivity contribution in [3.8, 4) is 0 Å². The first-order valence-corrected chi connectivity index (χ1v) is 6.79. The predicted octanol–water partition coefficient (Wildman–Crippen LogP) is 3.02. The fourth-order valence-corrected chi connectivity index (χ4v) is 2.68. The normalized spacial score (nSPS) is 10.3. The van der Waals surface area contributed by atoms with Gasteiger partial charge in [0.1, 0.15) is 4.88 Å². The number of aromatic carboxylic acids is 1. The molecule has 0 saturated heterocycles. The van der Waals surface area contributed by atoms with Gasteiger partial charge in [-0.15, -0.1) is 11.3 Å². The number of hydrogen-bond donors (Lipinski definition) is 2. The average molecular weight is 290 g/mol. The van der Waals surface area contributed by atoms with Crippen LogP contribution in [0.5, 0.6) is 0 Å². The van der Waals surface area contributed by atoms with Crippen LogP contribution in [-0.4, -0.2) is 22.0 Å². The fraction of sp³-hybridized carbons (Fsp3) is 0.214. The SMILES string of the molecule is Cc1nc(C)c(C(=O)Nc2ccc(C)c(C(=O)O)c2)s1. The molecule has 2 aromatic rings. The number of benzene rings is 1. The summed E-state index contributed by atoms with van der Waals surface area (Å²) in [5.74, 6) is -1.28. The van der Waals surface area contributed by atoms with E-state index in [1.54, 1.807) is 26.0 Å². The number of hydrogen-bond acceptors (Lipinski definition) is 4. The molecule has 1 aromatic carbocycles. The van der Waals surface area contributed by atoms with Crippen molar-refractivity contribution < 1.29 is 14.7 Å². The Morgan fingerprint density at radius 3 is 2.50 bits per heavy atom. The third kappa shape index (κ3) is 2.85. The molecule has 0 unspecified atom stereocenters. The number of aromatic nitrogens is 1. The molecule has 1 heterocycles. The Balaban J connectivity index is 2.26. The van der Waals surface area contributed by atoms with E-state index in [9.17, 15) is 9.59 Å². The smallest absolute Gasteiger partial charge is 0.336 e. The molecule has 0 aliphatic carbocycles. The number of nitrogens with zero attached hydrogens (tertiary/aromatic N) is 1. The minimum atomic E-state index is -1.01. The van der Waals surface area contributed by atoms with Gasteiger partial charge in [0.05, 0.1) is 16.3 Å². The van der Waals surface area contributed by atoms with Crippen molar-refractivity contribution in [2.45, 2.75) is 20.8 Å². The van der Waals surface area contributed by atoms with Crippen LogP contribution in [0.4, 0.5) is 5.69 Å². The molecule has 2 rings (SSSR count). The third-order valence-corrected chi connectivity index (χ3v) is 3.91. The van der Waals surface area contributed by atoms with E-state index in [1.807, 2.05) is 6.92 Å². The van der Waals surface area contributed by atoms with Crippen molar-refractivity contribution in [3.63, 3.8) is 0 Å². The van der Waals surface area contributed by atoms with Crippen LogP contribution in [0.1, 0.15) is 36.3 Å². The first-order chi connectivity index (χ1) is 9.38. The van der Waals surface area contributed by atoms with E-state index in [1.165, 1.54) is 17.4 Å². The molecule has 5 nitrogen and oxygen atoms in total. The van der Waals surface area contributed by atoms with Crippen LogP contribution < -0.4 is 5.32 Å². The molecular formula is C14H14N2O3S. The van der Waals surface area contributed by atoms with Crippen LogP contribution in [0.2, 0.25) is 0 Å². The van der Waals surface area contributed by atoms with Gasteiger partial charge in [-0.3, -0.25) is 4.79 Å². The number of thiazole rings is 1. The van der Waals surface area contributed by atoms with Crippen molar-refractivity contribution in [2.24, 2.45) is 0 Å². The first kappa shape index (κ1) is 14.2. The van der Waals surface area contributed by atoms with Gasteiger partial charge in [0.15, 0.2) is 0 Å². The molecule has 1 aromatic heterocycles. The lowest BCUT2D eigenvalue weighted by Crippen LogP contribution is -2.12. The lowest BCUT2D eigenvalue weighted by atomic mass is 10.1. The summed E-state index contributed by atoms with van der Waals surface area (Å²) < 4.78 is 0. The van der Waals surface area contributed by atoms with Crippen LogP contribution in [0, 0.1) is 20.8 Å². The molecule has 0 aliphatic rings.